The van der Waals surface area contributed by atoms with Crippen molar-refractivity contribution in [3.05, 3.63) is 16.6 Å². The quantitative estimate of drug-likeness (QED) is 0.487. The van der Waals surface area contributed by atoms with Crippen molar-refractivity contribution >= 4 is 41.3 Å². The zero-order valence-corrected chi connectivity index (χ0v) is 14.7. The van der Waals surface area contributed by atoms with Gasteiger partial charge in [0.2, 0.25) is 0 Å². The van der Waals surface area contributed by atoms with Gasteiger partial charge in [0, 0.05) is 30.6 Å². The Morgan fingerprint density at radius 2 is 2.47 bits per heavy atom. The topological polar surface area (TPSA) is 54.5 Å². The number of rotatable bonds is 3. The molecule has 2 atom stereocenters. The first-order chi connectivity index (χ1) is 8.66. The van der Waals surface area contributed by atoms with Crippen LogP contribution in [0.15, 0.2) is 16.6 Å². The summed E-state index contributed by atoms with van der Waals surface area (Å²) in [5.41, 5.74) is 6.07. The first-order valence-electron chi connectivity index (χ1n) is 6.61. The molecule has 1 saturated heterocycles. The third-order valence-electron chi connectivity index (χ3n) is 3.38. The Labute approximate surface area is 136 Å². The van der Waals surface area contributed by atoms with Crippen molar-refractivity contribution in [2.45, 2.75) is 32.6 Å². The molecule has 2 rings (SSSR count). The lowest BCUT2D eigenvalue weighted by molar-refractivity contribution is 0.270. The molecule has 0 spiro atoms. The second-order valence-corrected chi connectivity index (χ2v) is 6.09. The predicted molar refractivity (Wildman–Crippen MR) is 92.4 cm³/mol. The van der Waals surface area contributed by atoms with E-state index in [2.05, 4.69) is 28.7 Å². The average molecular weight is 394 g/mol. The molecule has 108 valence electrons. The summed E-state index contributed by atoms with van der Waals surface area (Å²) >= 11 is 1.68. The van der Waals surface area contributed by atoms with Crippen LogP contribution in [-0.4, -0.2) is 35.5 Å². The molecule has 2 heterocycles. The summed E-state index contributed by atoms with van der Waals surface area (Å²) in [5, 5.41) is 3.14. The van der Waals surface area contributed by atoms with Crippen molar-refractivity contribution in [2.75, 3.05) is 19.6 Å². The largest absolute Gasteiger partial charge is 0.370 e. The lowest BCUT2D eigenvalue weighted by Gasteiger charge is -2.31. The van der Waals surface area contributed by atoms with Crippen molar-refractivity contribution in [1.29, 1.82) is 0 Å². The molecule has 19 heavy (non-hydrogen) atoms. The first kappa shape index (κ1) is 16.7. The number of aliphatic imine (C=N–C) groups is 1. The maximum Gasteiger partial charge on any atom is 0.191 e. The van der Waals surface area contributed by atoms with Gasteiger partial charge in [0.05, 0.1) is 11.6 Å². The fourth-order valence-electron chi connectivity index (χ4n) is 2.28. The molecule has 1 aliphatic heterocycles. The van der Waals surface area contributed by atoms with Crippen LogP contribution >= 0.6 is 35.3 Å². The highest BCUT2D eigenvalue weighted by Crippen LogP contribution is 2.18. The molecular weight excluding hydrogens is 371 g/mol. The summed E-state index contributed by atoms with van der Waals surface area (Å²) < 4.78 is 0. The smallest absolute Gasteiger partial charge is 0.191 e. The lowest BCUT2D eigenvalue weighted by Crippen LogP contribution is -2.43. The molecule has 0 aromatic carbocycles. The van der Waals surface area contributed by atoms with Gasteiger partial charge >= 0.3 is 0 Å². The summed E-state index contributed by atoms with van der Waals surface area (Å²) in [7, 11) is 0. The minimum atomic E-state index is 0. The highest BCUT2D eigenvalue weighted by Gasteiger charge is 2.18. The van der Waals surface area contributed by atoms with Gasteiger partial charge in [-0.3, -0.25) is 4.99 Å². The molecule has 0 radical (unpaired) electrons. The summed E-state index contributed by atoms with van der Waals surface area (Å²) in [6.07, 6.45) is 4.37. The molecule has 1 aromatic rings. The van der Waals surface area contributed by atoms with Gasteiger partial charge in [-0.1, -0.05) is 13.8 Å². The van der Waals surface area contributed by atoms with Crippen molar-refractivity contribution in [2.24, 2.45) is 16.6 Å². The van der Waals surface area contributed by atoms with Crippen LogP contribution in [0.25, 0.3) is 0 Å². The van der Waals surface area contributed by atoms with Gasteiger partial charge < -0.3 is 10.6 Å². The van der Waals surface area contributed by atoms with E-state index in [9.17, 15) is 0 Å². The zero-order chi connectivity index (χ0) is 13.0. The number of nitrogens with two attached hydrogens (primary N) is 1. The second-order valence-electron chi connectivity index (χ2n) is 5.16. The van der Waals surface area contributed by atoms with E-state index in [-0.39, 0.29) is 24.0 Å². The summed E-state index contributed by atoms with van der Waals surface area (Å²) in [4.78, 5) is 11.0. The van der Waals surface area contributed by atoms with Crippen LogP contribution in [0.3, 0.4) is 0 Å². The number of piperidine rings is 1. The molecule has 0 saturated carbocycles. The number of nitrogens with zero attached hydrogens (tertiary/aromatic N) is 3. The molecule has 1 fully saturated rings. The minimum Gasteiger partial charge on any atom is -0.370 e. The van der Waals surface area contributed by atoms with Crippen LogP contribution in [0.4, 0.5) is 0 Å². The number of aromatic nitrogens is 1. The van der Waals surface area contributed by atoms with Gasteiger partial charge in [-0.25, -0.2) is 4.98 Å². The zero-order valence-electron chi connectivity index (χ0n) is 11.6. The van der Waals surface area contributed by atoms with Gasteiger partial charge in [-0.2, -0.15) is 0 Å². The van der Waals surface area contributed by atoms with Crippen LogP contribution in [0.5, 0.6) is 0 Å². The maximum atomic E-state index is 6.07. The third kappa shape index (κ3) is 4.91. The van der Waals surface area contributed by atoms with Gasteiger partial charge in [-0.15, -0.1) is 35.3 Å². The van der Waals surface area contributed by atoms with Crippen LogP contribution in [0, 0.1) is 5.92 Å². The Morgan fingerprint density at radius 3 is 3.11 bits per heavy atom. The van der Waals surface area contributed by atoms with E-state index in [1.54, 1.807) is 11.3 Å². The first-order valence-corrected chi connectivity index (χ1v) is 7.49. The summed E-state index contributed by atoms with van der Waals surface area (Å²) in [6, 6.07) is 0. The number of hydrogen-bond acceptors (Lipinski definition) is 3. The molecule has 6 heteroatoms. The monoisotopic (exact) mass is 394 g/mol. The van der Waals surface area contributed by atoms with Gasteiger partial charge in [0.25, 0.3) is 0 Å². The van der Waals surface area contributed by atoms with Gasteiger partial charge in [-0.05, 0) is 18.8 Å². The molecule has 2 unspecified atom stereocenters. The van der Waals surface area contributed by atoms with Crippen LogP contribution in [0.2, 0.25) is 0 Å². The molecule has 0 bridgehead atoms. The van der Waals surface area contributed by atoms with Crippen molar-refractivity contribution < 1.29 is 0 Å². The Balaban J connectivity index is 0.00000180. The van der Waals surface area contributed by atoms with Crippen LogP contribution in [0.1, 0.15) is 37.6 Å². The number of halogens is 1. The molecule has 2 N–H and O–H groups in total. The van der Waals surface area contributed by atoms with E-state index >= 15 is 0 Å². The van der Waals surface area contributed by atoms with E-state index in [1.165, 1.54) is 12.8 Å². The maximum absolute atomic E-state index is 6.07. The van der Waals surface area contributed by atoms with Crippen molar-refractivity contribution in [1.82, 2.24) is 9.88 Å². The van der Waals surface area contributed by atoms with E-state index < -0.39 is 0 Å². The molecule has 1 aliphatic rings. The molecule has 0 amide bonds. The molecular formula is C13H23IN4S. The van der Waals surface area contributed by atoms with E-state index in [4.69, 9.17) is 5.73 Å². The normalized spacial score (nSPS) is 21.9. The second kappa shape index (κ2) is 8.04. The number of hydrogen-bond donors (Lipinski definition) is 1. The van der Waals surface area contributed by atoms with Gasteiger partial charge in [0.1, 0.15) is 0 Å². The summed E-state index contributed by atoms with van der Waals surface area (Å²) in [6.45, 7) is 7.24. The fourth-order valence-corrected chi connectivity index (χ4v) is 2.97. The highest BCUT2D eigenvalue weighted by atomic mass is 127. The fraction of sp³-hybridized carbons (Fsp3) is 0.692. The van der Waals surface area contributed by atoms with E-state index in [1.807, 2.05) is 11.6 Å². The average Bonchev–Trinajstić information content (AvgIpc) is 2.89. The number of likely N-dealkylation sites (tertiary alicyclic amines) is 1. The number of thiazole rings is 1. The number of guanidine groups is 1. The Morgan fingerprint density at radius 1 is 1.68 bits per heavy atom. The SMILES string of the molecule is CC1CCCN(C(N)=NCC(C)c2nccs2)C1.I. The Kier molecular flexibility index (Phi) is 7.06. The highest BCUT2D eigenvalue weighted by molar-refractivity contribution is 14.0. The predicted octanol–water partition coefficient (Wildman–Crippen LogP) is 2.91. The van der Waals surface area contributed by atoms with Crippen molar-refractivity contribution in [3.8, 4) is 0 Å². The standard InChI is InChI=1S/C13H22N4S.HI/c1-10-4-3-6-17(9-10)13(14)16-8-11(2)12-15-5-7-18-12;/h5,7,10-11H,3-4,6,8-9H2,1-2H3,(H2,14,16);1H. The minimum absolute atomic E-state index is 0. The van der Waals surface area contributed by atoms with E-state index in [0.29, 0.717) is 11.9 Å². The molecule has 4 nitrogen and oxygen atoms in total. The van der Waals surface area contributed by atoms with Gasteiger partial charge in [0.15, 0.2) is 5.96 Å². The van der Waals surface area contributed by atoms with Crippen LogP contribution in [-0.2, 0) is 0 Å². The Hall–Kier alpha value is -0.370. The lowest BCUT2D eigenvalue weighted by atomic mass is 10.0. The third-order valence-corrected chi connectivity index (χ3v) is 4.39. The summed E-state index contributed by atoms with van der Waals surface area (Å²) in [5.74, 6) is 1.78. The molecule has 1 aromatic heterocycles. The van der Waals surface area contributed by atoms with Crippen LogP contribution < -0.4 is 5.73 Å². The van der Waals surface area contributed by atoms with E-state index in [0.717, 1.165) is 30.6 Å². The molecule has 0 aliphatic carbocycles. The van der Waals surface area contributed by atoms with Crippen molar-refractivity contribution in [3.63, 3.8) is 0 Å². The Bertz CT molecular complexity index is 393.